The predicted octanol–water partition coefficient (Wildman–Crippen LogP) is -1.60. The first-order valence-corrected chi connectivity index (χ1v) is 6.09. The summed E-state index contributed by atoms with van der Waals surface area (Å²) >= 11 is 0. The third kappa shape index (κ3) is 2.79. The van der Waals surface area contributed by atoms with E-state index in [1.54, 1.807) is 4.90 Å². The van der Waals surface area contributed by atoms with Gasteiger partial charge in [0.15, 0.2) is 0 Å². The van der Waals surface area contributed by atoms with Crippen molar-refractivity contribution in [2.45, 2.75) is 18.9 Å². The second-order valence-electron chi connectivity index (χ2n) is 4.70. The van der Waals surface area contributed by atoms with Gasteiger partial charge in [-0.15, -0.1) is 0 Å². The summed E-state index contributed by atoms with van der Waals surface area (Å²) in [6, 6.07) is -0.435. The highest BCUT2D eigenvalue weighted by molar-refractivity contribution is 5.87. The molecule has 0 aliphatic carbocycles. The molecule has 2 amide bonds. The third-order valence-corrected chi connectivity index (χ3v) is 3.39. The van der Waals surface area contributed by atoms with Gasteiger partial charge in [-0.2, -0.15) is 0 Å². The lowest BCUT2D eigenvalue weighted by Gasteiger charge is -2.34. The number of nitrogens with one attached hydrogen (secondary N) is 2. The largest absolute Gasteiger partial charge is 0.481 e. The van der Waals surface area contributed by atoms with E-state index in [-0.39, 0.29) is 31.4 Å². The van der Waals surface area contributed by atoms with E-state index in [0.717, 1.165) is 0 Å². The molecule has 7 nitrogen and oxygen atoms in total. The van der Waals surface area contributed by atoms with E-state index in [9.17, 15) is 14.4 Å². The molecule has 0 aromatic heterocycles. The van der Waals surface area contributed by atoms with Gasteiger partial charge in [0.25, 0.3) is 0 Å². The molecule has 0 bridgehead atoms. The normalized spacial score (nSPS) is 28.7. The summed E-state index contributed by atoms with van der Waals surface area (Å²) in [5.74, 6) is -1.57. The molecule has 2 fully saturated rings. The minimum Gasteiger partial charge on any atom is -0.481 e. The zero-order valence-corrected chi connectivity index (χ0v) is 10.0. The van der Waals surface area contributed by atoms with Crippen molar-refractivity contribution >= 4 is 17.8 Å². The zero-order valence-electron chi connectivity index (χ0n) is 10.0. The highest BCUT2D eigenvalue weighted by Crippen LogP contribution is 2.17. The molecule has 0 radical (unpaired) electrons. The number of amides is 2. The number of carboxylic acids is 1. The lowest BCUT2D eigenvalue weighted by molar-refractivity contribution is -0.146. The van der Waals surface area contributed by atoms with E-state index in [2.05, 4.69) is 10.6 Å². The Labute approximate surface area is 105 Å². The van der Waals surface area contributed by atoms with Gasteiger partial charge in [-0.3, -0.25) is 19.7 Å². The van der Waals surface area contributed by atoms with Crippen LogP contribution in [0.2, 0.25) is 0 Å². The van der Waals surface area contributed by atoms with Crippen molar-refractivity contribution in [1.29, 1.82) is 0 Å². The molecular weight excluding hydrogens is 238 g/mol. The maximum atomic E-state index is 12.1. The minimum absolute atomic E-state index is 0.124. The van der Waals surface area contributed by atoms with Crippen molar-refractivity contribution < 1.29 is 19.5 Å². The van der Waals surface area contributed by atoms with Gasteiger partial charge in [0.1, 0.15) is 6.04 Å². The summed E-state index contributed by atoms with van der Waals surface area (Å²) < 4.78 is 0. The van der Waals surface area contributed by atoms with Gasteiger partial charge < -0.3 is 15.3 Å². The minimum atomic E-state index is -0.850. The molecule has 0 aromatic rings. The fourth-order valence-corrected chi connectivity index (χ4v) is 2.34. The maximum Gasteiger partial charge on any atom is 0.308 e. The fourth-order valence-electron chi connectivity index (χ4n) is 2.34. The Morgan fingerprint density at radius 3 is 2.78 bits per heavy atom. The molecular formula is C11H17N3O4. The molecule has 100 valence electrons. The molecule has 2 atom stereocenters. The molecule has 7 heteroatoms. The number of rotatable bonds is 2. The van der Waals surface area contributed by atoms with Crippen molar-refractivity contribution in [2.75, 3.05) is 26.2 Å². The number of carbonyl (C=O) groups excluding carboxylic acids is 2. The smallest absolute Gasteiger partial charge is 0.308 e. The highest BCUT2D eigenvalue weighted by atomic mass is 16.4. The van der Waals surface area contributed by atoms with E-state index in [1.807, 2.05) is 0 Å². The van der Waals surface area contributed by atoms with Crippen LogP contribution < -0.4 is 10.6 Å². The fraction of sp³-hybridized carbons (Fsp3) is 0.727. The van der Waals surface area contributed by atoms with Crippen molar-refractivity contribution in [2.24, 2.45) is 5.92 Å². The number of piperidine rings is 1. The molecule has 2 saturated heterocycles. The SMILES string of the molecule is O=C1CNC(C(=O)N2CCC[C@@H](C(=O)O)C2)CN1. The van der Waals surface area contributed by atoms with E-state index in [1.165, 1.54) is 0 Å². The van der Waals surface area contributed by atoms with Crippen LogP contribution in [-0.2, 0) is 14.4 Å². The van der Waals surface area contributed by atoms with Gasteiger partial charge >= 0.3 is 5.97 Å². The van der Waals surface area contributed by atoms with Gasteiger partial charge in [0.05, 0.1) is 12.5 Å². The van der Waals surface area contributed by atoms with Gasteiger partial charge in [0, 0.05) is 19.6 Å². The Balaban J connectivity index is 1.92. The van der Waals surface area contributed by atoms with Crippen molar-refractivity contribution in [3.63, 3.8) is 0 Å². The lowest BCUT2D eigenvalue weighted by Crippen LogP contribution is -2.59. The molecule has 2 aliphatic rings. The molecule has 0 saturated carbocycles. The van der Waals surface area contributed by atoms with Crippen LogP contribution in [0.15, 0.2) is 0 Å². The number of hydrogen-bond donors (Lipinski definition) is 3. The van der Waals surface area contributed by atoms with Crippen LogP contribution in [0.5, 0.6) is 0 Å². The molecule has 1 unspecified atom stereocenters. The molecule has 2 rings (SSSR count). The first kappa shape index (κ1) is 12.8. The van der Waals surface area contributed by atoms with Crippen LogP contribution in [0.1, 0.15) is 12.8 Å². The number of likely N-dealkylation sites (tertiary alicyclic amines) is 1. The monoisotopic (exact) mass is 255 g/mol. The van der Waals surface area contributed by atoms with Crippen LogP contribution in [0.25, 0.3) is 0 Å². The molecule has 0 spiro atoms. The van der Waals surface area contributed by atoms with Crippen LogP contribution in [0, 0.1) is 5.92 Å². The van der Waals surface area contributed by atoms with Crippen LogP contribution in [0.3, 0.4) is 0 Å². The number of carboxylic acid groups (broad SMARTS) is 1. The van der Waals surface area contributed by atoms with Crippen LogP contribution in [-0.4, -0.2) is 60.0 Å². The van der Waals surface area contributed by atoms with Crippen LogP contribution in [0.4, 0.5) is 0 Å². The maximum absolute atomic E-state index is 12.1. The Hall–Kier alpha value is -1.63. The quantitative estimate of drug-likeness (QED) is 0.552. The molecule has 2 aliphatic heterocycles. The first-order valence-electron chi connectivity index (χ1n) is 6.09. The molecule has 18 heavy (non-hydrogen) atoms. The van der Waals surface area contributed by atoms with E-state index < -0.39 is 17.9 Å². The Kier molecular flexibility index (Phi) is 3.81. The van der Waals surface area contributed by atoms with E-state index in [0.29, 0.717) is 19.4 Å². The first-order chi connectivity index (χ1) is 8.58. The Morgan fingerprint density at radius 2 is 2.17 bits per heavy atom. The summed E-state index contributed by atoms with van der Waals surface area (Å²) in [6.45, 7) is 1.26. The topological polar surface area (TPSA) is 98.7 Å². The number of hydrogen-bond acceptors (Lipinski definition) is 4. The summed E-state index contributed by atoms with van der Waals surface area (Å²) in [4.78, 5) is 35.6. The lowest BCUT2D eigenvalue weighted by atomic mass is 9.97. The second-order valence-corrected chi connectivity index (χ2v) is 4.70. The summed E-state index contributed by atoms with van der Waals surface area (Å²) in [5.41, 5.74) is 0. The zero-order chi connectivity index (χ0) is 13.1. The Morgan fingerprint density at radius 1 is 1.39 bits per heavy atom. The Bertz CT molecular complexity index is 361. The molecule has 3 N–H and O–H groups in total. The standard InChI is InChI=1S/C11H17N3O4/c15-9-5-12-8(4-13-9)10(16)14-3-1-2-7(6-14)11(17)18/h7-8,12H,1-6H2,(H,13,15)(H,17,18)/t7-,8?/m1/s1. The highest BCUT2D eigenvalue weighted by Gasteiger charge is 2.33. The number of aliphatic carboxylic acids is 1. The summed E-state index contributed by atoms with van der Waals surface area (Å²) in [5, 5.41) is 14.5. The van der Waals surface area contributed by atoms with Gasteiger partial charge in [0.2, 0.25) is 11.8 Å². The van der Waals surface area contributed by atoms with Crippen molar-refractivity contribution in [1.82, 2.24) is 15.5 Å². The van der Waals surface area contributed by atoms with Gasteiger partial charge in [-0.1, -0.05) is 0 Å². The number of nitrogens with zero attached hydrogens (tertiary/aromatic N) is 1. The predicted molar refractivity (Wildman–Crippen MR) is 61.7 cm³/mol. The summed E-state index contributed by atoms with van der Waals surface area (Å²) in [7, 11) is 0. The van der Waals surface area contributed by atoms with Crippen molar-refractivity contribution in [3.05, 3.63) is 0 Å². The summed E-state index contributed by atoms with van der Waals surface area (Å²) in [6.07, 6.45) is 1.33. The third-order valence-electron chi connectivity index (χ3n) is 3.39. The number of piperazine rings is 1. The molecule has 2 heterocycles. The average molecular weight is 255 g/mol. The number of carbonyl (C=O) groups is 3. The van der Waals surface area contributed by atoms with E-state index >= 15 is 0 Å². The van der Waals surface area contributed by atoms with Crippen LogP contribution >= 0.6 is 0 Å². The second kappa shape index (κ2) is 5.34. The van der Waals surface area contributed by atoms with Gasteiger partial charge in [-0.05, 0) is 12.8 Å². The van der Waals surface area contributed by atoms with Gasteiger partial charge in [-0.25, -0.2) is 0 Å². The van der Waals surface area contributed by atoms with Crippen molar-refractivity contribution in [3.8, 4) is 0 Å². The molecule has 0 aromatic carbocycles. The average Bonchev–Trinajstić information content (AvgIpc) is 2.39. The van der Waals surface area contributed by atoms with E-state index in [4.69, 9.17) is 5.11 Å².